The van der Waals surface area contributed by atoms with E-state index >= 15 is 0 Å². The van der Waals surface area contributed by atoms with Crippen molar-refractivity contribution >= 4 is 28.9 Å². The molecule has 0 aliphatic heterocycles. The molecule has 17 heavy (non-hydrogen) atoms. The Morgan fingerprint density at radius 1 is 1.18 bits per heavy atom. The molecule has 88 valence electrons. The van der Waals surface area contributed by atoms with Crippen LogP contribution in [-0.4, -0.2) is 4.98 Å². The SMILES string of the molecule is Fc1cc(Cl)cc(CNc2ccc(Cl)nc2)c1. The summed E-state index contributed by atoms with van der Waals surface area (Å²) in [5.74, 6) is -0.344. The minimum atomic E-state index is -0.344. The van der Waals surface area contributed by atoms with Crippen LogP contribution >= 0.6 is 23.2 Å². The van der Waals surface area contributed by atoms with E-state index in [2.05, 4.69) is 10.3 Å². The van der Waals surface area contributed by atoms with Gasteiger partial charge in [0.1, 0.15) is 11.0 Å². The van der Waals surface area contributed by atoms with Crippen LogP contribution < -0.4 is 5.32 Å². The van der Waals surface area contributed by atoms with Crippen LogP contribution in [0, 0.1) is 5.82 Å². The first-order valence-corrected chi connectivity index (χ1v) is 5.69. The van der Waals surface area contributed by atoms with Gasteiger partial charge < -0.3 is 5.32 Å². The highest BCUT2D eigenvalue weighted by Gasteiger charge is 2.00. The molecule has 0 aliphatic rings. The first kappa shape index (κ1) is 12.1. The normalized spacial score (nSPS) is 10.3. The number of nitrogens with one attached hydrogen (secondary N) is 1. The first-order chi connectivity index (χ1) is 8.13. The molecule has 0 radical (unpaired) electrons. The van der Waals surface area contributed by atoms with Crippen molar-refractivity contribution in [3.8, 4) is 0 Å². The molecule has 0 saturated heterocycles. The molecule has 0 saturated carbocycles. The first-order valence-electron chi connectivity index (χ1n) is 4.94. The molecule has 0 amide bonds. The van der Waals surface area contributed by atoms with E-state index in [9.17, 15) is 4.39 Å². The Balaban J connectivity index is 2.04. The van der Waals surface area contributed by atoms with E-state index in [0.29, 0.717) is 16.7 Å². The maximum absolute atomic E-state index is 13.1. The topological polar surface area (TPSA) is 24.9 Å². The van der Waals surface area contributed by atoms with Gasteiger partial charge in [-0.05, 0) is 35.9 Å². The van der Waals surface area contributed by atoms with Crippen molar-refractivity contribution in [1.29, 1.82) is 0 Å². The molecule has 1 aromatic carbocycles. The smallest absolute Gasteiger partial charge is 0.129 e. The molecule has 1 N–H and O–H groups in total. The third-order valence-electron chi connectivity index (χ3n) is 2.15. The van der Waals surface area contributed by atoms with Gasteiger partial charge in [0.25, 0.3) is 0 Å². The number of rotatable bonds is 3. The average Bonchev–Trinajstić information content (AvgIpc) is 2.27. The maximum Gasteiger partial charge on any atom is 0.129 e. The lowest BCUT2D eigenvalue weighted by molar-refractivity contribution is 0.626. The number of aromatic nitrogens is 1. The van der Waals surface area contributed by atoms with E-state index < -0.39 is 0 Å². The zero-order valence-corrected chi connectivity index (χ0v) is 10.3. The van der Waals surface area contributed by atoms with E-state index in [1.807, 2.05) is 0 Å². The third-order valence-corrected chi connectivity index (χ3v) is 2.59. The molecule has 5 heteroatoms. The van der Waals surface area contributed by atoms with E-state index in [4.69, 9.17) is 23.2 Å². The molecule has 2 rings (SSSR count). The van der Waals surface area contributed by atoms with Crippen LogP contribution in [0.4, 0.5) is 10.1 Å². The molecule has 1 aromatic heterocycles. The van der Waals surface area contributed by atoms with Crippen molar-refractivity contribution in [2.45, 2.75) is 6.54 Å². The number of hydrogen-bond acceptors (Lipinski definition) is 2. The van der Waals surface area contributed by atoms with Crippen molar-refractivity contribution in [3.05, 3.63) is 58.1 Å². The number of benzene rings is 1. The molecule has 0 aliphatic carbocycles. The number of pyridine rings is 1. The van der Waals surface area contributed by atoms with Crippen molar-refractivity contribution in [1.82, 2.24) is 4.98 Å². The monoisotopic (exact) mass is 270 g/mol. The lowest BCUT2D eigenvalue weighted by atomic mass is 10.2. The minimum Gasteiger partial charge on any atom is -0.380 e. The molecule has 0 bridgehead atoms. The molecule has 0 fully saturated rings. The van der Waals surface area contributed by atoms with Crippen molar-refractivity contribution in [2.75, 3.05) is 5.32 Å². The van der Waals surface area contributed by atoms with E-state index in [0.717, 1.165) is 11.3 Å². The summed E-state index contributed by atoms with van der Waals surface area (Å²) >= 11 is 11.4. The van der Waals surface area contributed by atoms with Gasteiger partial charge in [-0.15, -0.1) is 0 Å². The lowest BCUT2D eigenvalue weighted by Crippen LogP contribution is -2.00. The van der Waals surface area contributed by atoms with Gasteiger partial charge >= 0.3 is 0 Å². The predicted octanol–water partition coefficient (Wildman–Crippen LogP) is 4.14. The number of hydrogen-bond donors (Lipinski definition) is 1. The van der Waals surface area contributed by atoms with Gasteiger partial charge in [0, 0.05) is 11.6 Å². The molecule has 0 atom stereocenters. The van der Waals surface area contributed by atoms with Gasteiger partial charge in [-0.3, -0.25) is 0 Å². The molecule has 0 spiro atoms. The number of halogens is 3. The van der Waals surface area contributed by atoms with Crippen molar-refractivity contribution in [3.63, 3.8) is 0 Å². The summed E-state index contributed by atoms with van der Waals surface area (Å²) < 4.78 is 13.1. The van der Waals surface area contributed by atoms with Crippen LogP contribution in [0.15, 0.2) is 36.5 Å². The quantitative estimate of drug-likeness (QED) is 0.848. The fourth-order valence-corrected chi connectivity index (χ4v) is 1.75. The standard InChI is InChI=1S/C12H9Cl2FN2/c13-9-3-8(4-10(15)5-9)6-16-11-1-2-12(14)17-7-11/h1-5,7,16H,6H2. The Kier molecular flexibility index (Phi) is 3.82. The summed E-state index contributed by atoms with van der Waals surface area (Å²) in [5.41, 5.74) is 1.58. The highest BCUT2D eigenvalue weighted by molar-refractivity contribution is 6.30. The number of anilines is 1. The van der Waals surface area contributed by atoms with Gasteiger partial charge in [0.15, 0.2) is 0 Å². The Hall–Kier alpha value is -1.32. The zero-order valence-electron chi connectivity index (χ0n) is 8.75. The Bertz CT molecular complexity index is 494. The number of nitrogens with zero attached hydrogens (tertiary/aromatic N) is 1. The second-order valence-corrected chi connectivity index (χ2v) is 4.32. The highest BCUT2D eigenvalue weighted by atomic mass is 35.5. The van der Waals surface area contributed by atoms with Crippen LogP contribution in [-0.2, 0) is 6.54 Å². The van der Waals surface area contributed by atoms with Gasteiger partial charge in [-0.2, -0.15) is 0 Å². The Morgan fingerprint density at radius 3 is 2.65 bits per heavy atom. The summed E-state index contributed by atoms with van der Waals surface area (Å²) in [4.78, 5) is 3.93. The summed E-state index contributed by atoms with van der Waals surface area (Å²) in [6, 6.07) is 7.90. The third kappa shape index (κ3) is 3.58. The average molecular weight is 271 g/mol. The van der Waals surface area contributed by atoms with E-state index in [1.54, 1.807) is 24.4 Å². The molecular weight excluding hydrogens is 262 g/mol. The van der Waals surface area contributed by atoms with Crippen LogP contribution in [0.3, 0.4) is 0 Å². The van der Waals surface area contributed by atoms with Crippen LogP contribution in [0.5, 0.6) is 0 Å². The summed E-state index contributed by atoms with van der Waals surface area (Å²) in [5, 5.41) is 3.92. The molecule has 0 unspecified atom stereocenters. The summed E-state index contributed by atoms with van der Waals surface area (Å²) in [7, 11) is 0. The van der Waals surface area contributed by atoms with Crippen molar-refractivity contribution < 1.29 is 4.39 Å². The van der Waals surface area contributed by atoms with Gasteiger partial charge in [-0.25, -0.2) is 9.37 Å². The van der Waals surface area contributed by atoms with E-state index in [-0.39, 0.29) is 5.82 Å². The van der Waals surface area contributed by atoms with E-state index in [1.165, 1.54) is 12.1 Å². The molecule has 1 heterocycles. The molecular formula is C12H9Cl2FN2. The molecule has 2 nitrogen and oxygen atoms in total. The fraction of sp³-hybridized carbons (Fsp3) is 0.0833. The zero-order chi connectivity index (χ0) is 12.3. The minimum absolute atomic E-state index is 0.344. The van der Waals surface area contributed by atoms with Gasteiger partial charge in [0.2, 0.25) is 0 Å². The van der Waals surface area contributed by atoms with Crippen molar-refractivity contribution in [2.24, 2.45) is 0 Å². The van der Waals surface area contributed by atoms with Gasteiger partial charge in [-0.1, -0.05) is 23.2 Å². The Morgan fingerprint density at radius 2 is 2.00 bits per heavy atom. The summed E-state index contributed by atoms with van der Waals surface area (Å²) in [6.07, 6.45) is 1.61. The fourth-order valence-electron chi connectivity index (χ4n) is 1.40. The largest absolute Gasteiger partial charge is 0.380 e. The van der Waals surface area contributed by atoms with Gasteiger partial charge in [0.05, 0.1) is 11.9 Å². The molecule has 2 aromatic rings. The maximum atomic E-state index is 13.1. The second kappa shape index (κ2) is 5.34. The highest BCUT2D eigenvalue weighted by Crippen LogP contribution is 2.16. The Labute approximate surface area is 108 Å². The second-order valence-electron chi connectivity index (χ2n) is 3.50. The summed E-state index contributed by atoms with van der Waals surface area (Å²) in [6.45, 7) is 0.473. The predicted molar refractivity (Wildman–Crippen MR) is 68.0 cm³/mol. The van der Waals surface area contributed by atoms with Crippen LogP contribution in [0.25, 0.3) is 0 Å². The van der Waals surface area contributed by atoms with Crippen LogP contribution in [0.1, 0.15) is 5.56 Å². The lowest BCUT2D eigenvalue weighted by Gasteiger charge is -2.06. The van der Waals surface area contributed by atoms with Crippen LogP contribution in [0.2, 0.25) is 10.2 Å².